The monoisotopic (exact) mass is 444 g/mol. The van der Waals surface area contributed by atoms with E-state index in [0.29, 0.717) is 30.0 Å². The summed E-state index contributed by atoms with van der Waals surface area (Å²) >= 11 is 0. The second kappa shape index (κ2) is 10.4. The maximum Gasteiger partial charge on any atom is 0.323 e. The lowest BCUT2D eigenvalue weighted by Gasteiger charge is -2.37. The van der Waals surface area contributed by atoms with Crippen LogP contribution in [0.5, 0.6) is 5.75 Å². The molecule has 9 heteroatoms. The first-order valence-corrected chi connectivity index (χ1v) is 10.5. The van der Waals surface area contributed by atoms with Crippen LogP contribution in [0.3, 0.4) is 0 Å². The number of para-hydroxylation sites is 1. The zero-order valence-corrected chi connectivity index (χ0v) is 18.4. The van der Waals surface area contributed by atoms with E-state index in [0.717, 1.165) is 0 Å². The standard InChI is InChI=1S/C23H29FN4O4/c1-14-12-28(15(2)13-29)22(30)18-5-4-6-19(21(18)32-20(14)11-25-3)27-23(31)26-17-9-7-16(24)8-10-17/h4-10,14-15,20,25,29H,11-13H2,1-3H3,(H2,26,27,31)/t14-,15-,20-/m1/s1. The summed E-state index contributed by atoms with van der Waals surface area (Å²) in [5, 5.41) is 18.1. The molecule has 0 spiro atoms. The Hall–Kier alpha value is -3.17. The fourth-order valence-corrected chi connectivity index (χ4v) is 3.60. The normalized spacial score (nSPS) is 19.3. The Balaban J connectivity index is 1.93. The second-order valence-corrected chi connectivity index (χ2v) is 7.95. The van der Waals surface area contributed by atoms with Crippen LogP contribution in [0.4, 0.5) is 20.6 Å². The summed E-state index contributed by atoms with van der Waals surface area (Å²) in [6.07, 6.45) is -0.275. The maximum absolute atomic E-state index is 13.3. The second-order valence-electron chi connectivity index (χ2n) is 7.95. The Labute approximate surface area is 186 Å². The summed E-state index contributed by atoms with van der Waals surface area (Å²) in [6.45, 7) is 4.57. The fourth-order valence-electron chi connectivity index (χ4n) is 3.60. The van der Waals surface area contributed by atoms with E-state index in [-0.39, 0.29) is 36.3 Å². The average Bonchev–Trinajstić information content (AvgIpc) is 2.77. The quantitative estimate of drug-likeness (QED) is 0.549. The minimum atomic E-state index is -0.554. The Morgan fingerprint density at radius 2 is 1.97 bits per heavy atom. The van der Waals surface area contributed by atoms with Crippen LogP contribution in [0.25, 0.3) is 0 Å². The number of amides is 3. The molecule has 2 aromatic rings. The van der Waals surface area contributed by atoms with Crippen LogP contribution in [0.2, 0.25) is 0 Å². The van der Waals surface area contributed by atoms with E-state index >= 15 is 0 Å². The van der Waals surface area contributed by atoms with Crippen LogP contribution in [0.15, 0.2) is 42.5 Å². The Bertz CT molecular complexity index is 954. The molecule has 172 valence electrons. The summed E-state index contributed by atoms with van der Waals surface area (Å²) in [5.41, 5.74) is 1.06. The molecule has 0 aliphatic carbocycles. The lowest BCUT2D eigenvalue weighted by atomic mass is 9.99. The lowest BCUT2D eigenvalue weighted by Crippen LogP contribution is -2.49. The van der Waals surface area contributed by atoms with Crippen molar-refractivity contribution >= 4 is 23.3 Å². The minimum Gasteiger partial charge on any atom is -0.486 e. The third-order valence-electron chi connectivity index (χ3n) is 5.45. The van der Waals surface area contributed by atoms with Crippen molar-refractivity contribution < 1.29 is 23.8 Å². The third kappa shape index (κ3) is 5.35. The van der Waals surface area contributed by atoms with Crippen molar-refractivity contribution in [3.63, 3.8) is 0 Å². The molecule has 3 atom stereocenters. The molecule has 0 bridgehead atoms. The molecule has 3 rings (SSSR count). The molecular formula is C23H29FN4O4. The first-order valence-electron chi connectivity index (χ1n) is 10.5. The molecule has 0 saturated heterocycles. The average molecular weight is 445 g/mol. The Morgan fingerprint density at radius 3 is 2.62 bits per heavy atom. The molecule has 8 nitrogen and oxygen atoms in total. The van der Waals surface area contributed by atoms with E-state index in [4.69, 9.17) is 4.74 Å². The topological polar surface area (TPSA) is 103 Å². The predicted molar refractivity (Wildman–Crippen MR) is 121 cm³/mol. The molecule has 0 saturated carbocycles. The van der Waals surface area contributed by atoms with Crippen LogP contribution in [-0.4, -0.2) is 60.8 Å². The molecule has 0 unspecified atom stereocenters. The van der Waals surface area contributed by atoms with Crippen molar-refractivity contribution in [2.75, 3.05) is 37.4 Å². The number of urea groups is 1. The number of ether oxygens (including phenoxy) is 1. The molecule has 2 aromatic carbocycles. The van der Waals surface area contributed by atoms with E-state index in [1.54, 1.807) is 30.0 Å². The number of carbonyl (C=O) groups excluding carboxylic acids is 2. The van der Waals surface area contributed by atoms with Crippen molar-refractivity contribution in [1.29, 1.82) is 0 Å². The molecule has 3 amide bonds. The van der Waals surface area contributed by atoms with Crippen molar-refractivity contribution in [3.8, 4) is 5.75 Å². The van der Waals surface area contributed by atoms with E-state index in [2.05, 4.69) is 16.0 Å². The summed E-state index contributed by atoms with van der Waals surface area (Å²) in [5.74, 6) is -0.444. The van der Waals surface area contributed by atoms with Gasteiger partial charge in [-0.2, -0.15) is 0 Å². The first-order chi connectivity index (χ1) is 15.3. The summed E-state index contributed by atoms with van der Waals surface area (Å²) in [4.78, 5) is 27.5. The van der Waals surface area contributed by atoms with Crippen LogP contribution in [0.1, 0.15) is 24.2 Å². The summed E-state index contributed by atoms with van der Waals surface area (Å²) in [6, 6.07) is 9.42. The number of benzene rings is 2. The van der Waals surface area contributed by atoms with Crippen LogP contribution >= 0.6 is 0 Å². The smallest absolute Gasteiger partial charge is 0.323 e. The molecule has 1 heterocycles. The first kappa shape index (κ1) is 23.5. The number of carbonyl (C=O) groups is 2. The van der Waals surface area contributed by atoms with Crippen molar-refractivity contribution in [3.05, 3.63) is 53.8 Å². The van der Waals surface area contributed by atoms with E-state index in [1.807, 2.05) is 14.0 Å². The number of nitrogens with zero attached hydrogens (tertiary/aromatic N) is 1. The number of hydrogen-bond donors (Lipinski definition) is 4. The van der Waals surface area contributed by atoms with Crippen LogP contribution in [0, 0.1) is 11.7 Å². The van der Waals surface area contributed by atoms with Crippen molar-refractivity contribution in [2.45, 2.75) is 26.0 Å². The van der Waals surface area contributed by atoms with Gasteiger partial charge in [0.15, 0.2) is 5.75 Å². The van der Waals surface area contributed by atoms with Gasteiger partial charge in [0.05, 0.1) is 23.9 Å². The van der Waals surface area contributed by atoms with E-state index < -0.39 is 11.8 Å². The number of rotatable bonds is 6. The highest BCUT2D eigenvalue weighted by molar-refractivity contribution is 6.04. The van der Waals surface area contributed by atoms with Crippen molar-refractivity contribution in [1.82, 2.24) is 10.2 Å². The van der Waals surface area contributed by atoms with Gasteiger partial charge in [0.1, 0.15) is 11.9 Å². The van der Waals surface area contributed by atoms with Gasteiger partial charge in [-0.15, -0.1) is 0 Å². The largest absolute Gasteiger partial charge is 0.486 e. The van der Waals surface area contributed by atoms with Gasteiger partial charge in [-0.1, -0.05) is 13.0 Å². The van der Waals surface area contributed by atoms with Crippen LogP contribution < -0.4 is 20.7 Å². The zero-order chi connectivity index (χ0) is 23.3. The molecule has 0 aromatic heterocycles. The number of likely N-dealkylation sites (N-methyl/N-ethyl adjacent to an activating group) is 1. The number of halogens is 1. The number of nitrogens with one attached hydrogen (secondary N) is 3. The molecule has 0 fully saturated rings. The lowest BCUT2D eigenvalue weighted by molar-refractivity contribution is 0.0417. The highest BCUT2D eigenvalue weighted by atomic mass is 19.1. The van der Waals surface area contributed by atoms with Gasteiger partial charge in [-0.25, -0.2) is 9.18 Å². The minimum absolute atomic E-state index is 0.0327. The highest BCUT2D eigenvalue weighted by Gasteiger charge is 2.33. The summed E-state index contributed by atoms with van der Waals surface area (Å²) < 4.78 is 19.4. The van der Waals surface area contributed by atoms with Gasteiger partial charge in [0, 0.05) is 24.7 Å². The SMILES string of the molecule is CNC[C@H]1Oc2c(NC(=O)Nc3ccc(F)cc3)cccc2C(=O)N([C@H](C)CO)C[C@H]1C. The molecule has 32 heavy (non-hydrogen) atoms. The number of anilines is 2. The van der Waals surface area contributed by atoms with E-state index in [9.17, 15) is 19.1 Å². The number of fused-ring (bicyclic) bond motifs is 1. The third-order valence-corrected chi connectivity index (χ3v) is 5.45. The van der Waals surface area contributed by atoms with Gasteiger partial charge in [0.2, 0.25) is 0 Å². The summed E-state index contributed by atoms with van der Waals surface area (Å²) in [7, 11) is 1.81. The van der Waals surface area contributed by atoms with Gasteiger partial charge in [-0.3, -0.25) is 4.79 Å². The van der Waals surface area contributed by atoms with Gasteiger partial charge in [0.25, 0.3) is 5.91 Å². The highest BCUT2D eigenvalue weighted by Crippen LogP contribution is 2.34. The van der Waals surface area contributed by atoms with E-state index in [1.165, 1.54) is 24.3 Å². The number of hydrogen-bond acceptors (Lipinski definition) is 5. The Morgan fingerprint density at radius 1 is 1.25 bits per heavy atom. The fraction of sp³-hybridized carbons (Fsp3) is 0.391. The molecule has 4 N–H and O–H groups in total. The zero-order valence-electron chi connectivity index (χ0n) is 18.4. The molecule has 1 aliphatic rings. The van der Waals surface area contributed by atoms with Crippen molar-refractivity contribution in [2.24, 2.45) is 5.92 Å². The van der Waals surface area contributed by atoms with Gasteiger partial charge in [-0.05, 0) is 50.4 Å². The molecular weight excluding hydrogens is 415 g/mol. The maximum atomic E-state index is 13.3. The molecule has 1 aliphatic heterocycles. The predicted octanol–water partition coefficient (Wildman–Crippen LogP) is 2.91. The number of aliphatic hydroxyl groups is 1. The van der Waals surface area contributed by atoms with Gasteiger partial charge < -0.3 is 30.7 Å². The number of aliphatic hydroxyl groups excluding tert-OH is 1. The Kier molecular flexibility index (Phi) is 7.66. The van der Waals surface area contributed by atoms with Gasteiger partial charge >= 0.3 is 6.03 Å². The molecule has 0 radical (unpaired) electrons. The van der Waals surface area contributed by atoms with Crippen LogP contribution in [-0.2, 0) is 0 Å².